The summed E-state index contributed by atoms with van der Waals surface area (Å²) in [5, 5.41) is 0. The topological polar surface area (TPSA) is 0 Å². The highest BCUT2D eigenvalue weighted by Gasteiger charge is 2.06. The highest BCUT2D eigenvalue weighted by molar-refractivity contribution is 8.06. The molecule has 0 aromatic heterocycles. The third-order valence-corrected chi connectivity index (χ3v) is 2.35. The van der Waals surface area contributed by atoms with Crippen molar-refractivity contribution in [2.24, 2.45) is 5.92 Å². The molecule has 0 N–H and O–H groups in total. The van der Waals surface area contributed by atoms with Crippen LogP contribution in [0.1, 0.15) is 20.8 Å². The zero-order chi connectivity index (χ0) is 6.85. The van der Waals surface area contributed by atoms with E-state index in [1.165, 1.54) is 9.81 Å². The highest BCUT2D eigenvalue weighted by Crippen LogP contribution is 2.31. The Labute approximate surface area is 60.3 Å². The van der Waals surface area contributed by atoms with Crippen molar-refractivity contribution in [1.82, 2.24) is 0 Å². The van der Waals surface area contributed by atoms with Gasteiger partial charge in [-0.1, -0.05) is 37.1 Å². The van der Waals surface area contributed by atoms with Crippen molar-refractivity contribution in [3.8, 4) is 0 Å². The summed E-state index contributed by atoms with van der Waals surface area (Å²) in [4.78, 5) is 2.55. The molecule has 0 unspecified atom stereocenters. The van der Waals surface area contributed by atoms with Crippen LogP contribution in [0.4, 0.5) is 0 Å². The SMILES string of the molecule is CC1=C=C=C(C(C)C)S1. The van der Waals surface area contributed by atoms with Gasteiger partial charge in [0.05, 0.1) is 0 Å². The summed E-state index contributed by atoms with van der Waals surface area (Å²) in [6, 6.07) is 0. The van der Waals surface area contributed by atoms with Gasteiger partial charge in [0.2, 0.25) is 0 Å². The third-order valence-electron chi connectivity index (χ3n) is 1.15. The van der Waals surface area contributed by atoms with Gasteiger partial charge in [-0.05, 0) is 12.8 Å². The Bertz CT molecular complexity index is 211. The van der Waals surface area contributed by atoms with Gasteiger partial charge in [-0.3, -0.25) is 0 Å². The molecule has 0 bridgehead atoms. The van der Waals surface area contributed by atoms with Crippen LogP contribution >= 0.6 is 11.8 Å². The lowest BCUT2D eigenvalue weighted by molar-refractivity contribution is 0.820. The Kier molecular flexibility index (Phi) is 1.87. The normalized spacial score (nSPS) is 16.4. The van der Waals surface area contributed by atoms with E-state index in [2.05, 4.69) is 32.2 Å². The van der Waals surface area contributed by atoms with Gasteiger partial charge < -0.3 is 0 Å². The van der Waals surface area contributed by atoms with Gasteiger partial charge in [-0.2, -0.15) is 0 Å². The molecule has 9 heavy (non-hydrogen) atoms. The summed E-state index contributed by atoms with van der Waals surface area (Å²) in [7, 11) is 0. The first-order valence-corrected chi connectivity index (χ1v) is 3.92. The Balaban J connectivity index is 2.83. The van der Waals surface area contributed by atoms with E-state index in [1.807, 2.05) is 0 Å². The molecule has 0 aromatic carbocycles. The first kappa shape index (κ1) is 6.77. The van der Waals surface area contributed by atoms with Crippen LogP contribution in [0.2, 0.25) is 0 Å². The maximum atomic E-state index is 3.10. The van der Waals surface area contributed by atoms with Crippen molar-refractivity contribution < 1.29 is 0 Å². The maximum absolute atomic E-state index is 3.10. The van der Waals surface area contributed by atoms with Crippen LogP contribution in [-0.4, -0.2) is 0 Å². The lowest BCUT2D eigenvalue weighted by atomic mass is 10.2. The molecule has 0 fully saturated rings. The lowest BCUT2D eigenvalue weighted by Crippen LogP contribution is -1.84. The predicted octanol–water partition coefficient (Wildman–Crippen LogP) is 2.93. The molecule has 0 saturated heterocycles. The molecule has 0 spiro atoms. The molecule has 1 rings (SSSR count). The predicted molar refractivity (Wildman–Crippen MR) is 42.2 cm³/mol. The van der Waals surface area contributed by atoms with E-state index < -0.39 is 0 Å². The van der Waals surface area contributed by atoms with E-state index in [4.69, 9.17) is 0 Å². The number of rotatable bonds is 1. The van der Waals surface area contributed by atoms with Crippen LogP contribution in [0.5, 0.6) is 0 Å². The van der Waals surface area contributed by atoms with Crippen LogP contribution in [0.3, 0.4) is 0 Å². The molecular formula is C8H10S. The van der Waals surface area contributed by atoms with Gasteiger partial charge in [-0.25, -0.2) is 0 Å². The minimum absolute atomic E-state index is 0.611. The fourth-order valence-electron chi connectivity index (χ4n) is 0.628. The summed E-state index contributed by atoms with van der Waals surface area (Å²) in [6.45, 7) is 6.41. The van der Waals surface area contributed by atoms with E-state index in [0.717, 1.165) is 0 Å². The van der Waals surface area contributed by atoms with Crippen molar-refractivity contribution in [3.05, 3.63) is 21.3 Å². The Morgan fingerprint density at radius 2 is 2.00 bits per heavy atom. The molecular weight excluding hydrogens is 128 g/mol. The number of hydrogen-bond acceptors (Lipinski definition) is 1. The van der Waals surface area contributed by atoms with E-state index in [-0.39, 0.29) is 0 Å². The third kappa shape index (κ3) is 1.53. The standard InChI is InChI=1S/C8H10S/c1-6(2)8-5-4-7(3)9-8/h6H,1-3H3. The monoisotopic (exact) mass is 138 g/mol. The molecule has 1 heterocycles. The largest absolute Gasteiger partial charge is 0.0807 e. The minimum atomic E-state index is 0.611. The van der Waals surface area contributed by atoms with Crippen molar-refractivity contribution in [1.29, 1.82) is 0 Å². The second-order valence-corrected chi connectivity index (χ2v) is 3.68. The Morgan fingerprint density at radius 3 is 2.22 bits per heavy atom. The van der Waals surface area contributed by atoms with E-state index in [0.29, 0.717) is 5.92 Å². The molecule has 1 aliphatic rings. The van der Waals surface area contributed by atoms with Crippen LogP contribution in [0, 0.1) is 5.92 Å². The van der Waals surface area contributed by atoms with Crippen molar-refractivity contribution in [3.63, 3.8) is 0 Å². The summed E-state index contributed by atoms with van der Waals surface area (Å²) in [5.74, 6) is 0.611. The van der Waals surface area contributed by atoms with Gasteiger partial charge in [0.25, 0.3) is 0 Å². The molecule has 0 amide bonds. The summed E-state index contributed by atoms with van der Waals surface area (Å²) in [5.41, 5.74) is 6.14. The van der Waals surface area contributed by atoms with Crippen molar-refractivity contribution in [2.75, 3.05) is 0 Å². The second-order valence-electron chi connectivity index (χ2n) is 2.43. The molecule has 0 radical (unpaired) electrons. The molecule has 0 aromatic rings. The molecule has 1 heteroatoms. The summed E-state index contributed by atoms with van der Waals surface area (Å²) < 4.78 is 0. The van der Waals surface area contributed by atoms with Gasteiger partial charge in [0, 0.05) is 9.81 Å². The average molecular weight is 138 g/mol. The van der Waals surface area contributed by atoms with E-state index >= 15 is 0 Å². The zero-order valence-electron chi connectivity index (χ0n) is 5.99. The summed E-state index contributed by atoms with van der Waals surface area (Å²) >= 11 is 1.78. The van der Waals surface area contributed by atoms with Crippen LogP contribution in [-0.2, 0) is 0 Å². The average Bonchev–Trinajstić information content (AvgIpc) is 2.14. The van der Waals surface area contributed by atoms with Gasteiger partial charge >= 0.3 is 0 Å². The smallest absolute Gasteiger partial charge is 0.0428 e. The van der Waals surface area contributed by atoms with E-state index in [9.17, 15) is 0 Å². The molecule has 48 valence electrons. The summed E-state index contributed by atoms with van der Waals surface area (Å²) in [6.07, 6.45) is 0. The molecule has 0 atom stereocenters. The maximum Gasteiger partial charge on any atom is 0.0428 e. The molecule has 1 aliphatic heterocycles. The number of hydrogen-bond donors (Lipinski definition) is 0. The van der Waals surface area contributed by atoms with Gasteiger partial charge in [0.1, 0.15) is 0 Å². The van der Waals surface area contributed by atoms with Gasteiger partial charge in [-0.15, -0.1) is 0 Å². The quantitative estimate of drug-likeness (QED) is 0.502. The first-order valence-electron chi connectivity index (χ1n) is 3.10. The van der Waals surface area contributed by atoms with Crippen LogP contribution in [0.15, 0.2) is 21.3 Å². The Morgan fingerprint density at radius 1 is 1.33 bits per heavy atom. The molecule has 0 saturated carbocycles. The van der Waals surface area contributed by atoms with E-state index in [1.54, 1.807) is 11.8 Å². The minimum Gasteiger partial charge on any atom is -0.0807 e. The molecule has 0 nitrogen and oxygen atoms in total. The van der Waals surface area contributed by atoms with Gasteiger partial charge in [0.15, 0.2) is 0 Å². The fourth-order valence-corrected chi connectivity index (χ4v) is 1.40. The molecule has 0 aliphatic carbocycles. The highest BCUT2D eigenvalue weighted by atomic mass is 32.2. The zero-order valence-corrected chi connectivity index (χ0v) is 6.80. The fraction of sp³-hybridized carbons (Fsp3) is 0.500. The number of thioether (sulfide) groups is 1. The second kappa shape index (κ2) is 2.49. The lowest BCUT2D eigenvalue weighted by Gasteiger charge is -2.01. The van der Waals surface area contributed by atoms with Crippen LogP contribution in [0.25, 0.3) is 0 Å². The number of allylic oxidation sites excluding steroid dienone is 2. The first-order chi connectivity index (χ1) is 4.20. The van der Waals surface area contributed by atoms with Crippen molar-refractivity contribution >= 4 is 11.8 Å². The van der Waals surface area contributed by atoms with Crippen LogP contribution < -0.4 is 0 Å². The Hall–Kier alpha value is -0.350. The van der Waals surface area contributed by atoms with Crippen molar-refractivity contribution in [2.45, 2.75) is 20.8 Å².